The van der Waals surface area contributed by atoms with Gasteiger partial charge in [-0.2, -0.15) is 0 Å². The minimum Gasteiger partial charge on any atom is -0.462 e. The molecule has 0 rings (SSSR count). The Bertz CT molecular complexity index is 1020. The van der Waals surface area contributed by atoms with Crippen molar-refractivity contribution in [3.63, 3.8) is 0 Å². The molecular formula is C59H110O5. The number of aliphatic hydroxyl groups excluding tert-OH is 1. The summed E-state index contributed by atoms with van der Waals surface area (Å²) in [6.07, 6.45) is 71.3. The summed E-state index contributed by atoms with van der Waals surface area (Å²) in [5, 5.41) is 9.64. The van der Waals surface area contributed by atoms with E-state index >= 15 is 0 Å². The van der Waals surface area contributed by atoms with Crippen LogP contribution in [0.2, 0.25) is 0 Å². The Morgan fingerprint density at radius 1 is 0.359 bits per heavy atom. The highest BCUT2D eigenvalue weighted by molar-refractivity contribution is 5.70. The van der Waals surface area contributed by atoms with Gasteiger partial charge in [0.05, 0.1) is 6.61 Å². The number of allylic oxidation sites excluding steroid dienone is 6. The van der Waals surface area contributed by atoms with E-state index in [0.717, 1.165) is 44.9 Å². The fourth-order valence-electron chi connectivity index (χ4n) is 8.58. The van der Waals surface area contributed by atoms with Gasteiger partial charge in [0.2, 0.25) is 0 Å². The molecule has 0 aliphatic heterocycles. The first kappa shape index (κ1) is 62.1. The summed E-state index contributed by atoms with van der Waals surface area (Å²) in [5.41, 5.74) is 0. The van der Waals surface area contributed by atoms with Crippen molar-refractivity contribution in [1.82, 2.24) is 0 Å². The third-order valence-corrected chi connectivity index (χ3v) is 12.9. The van der Waals surface area contributed by atoms with Crippen molar-refractivity contribution in [2.75, 3.05) is 13.2 Å². The number of carbonyl (C=O) groups excluding carboxylic acids is 2. The molecule has 0 fully saturated rings. The van der Waals surface area contributed by atoms with E-state index in [4.69, 9.17) is 9.47 Å². The number of aliphatic hydroxyl groups is 1. The van der Waals surface area contributed by atoms with E-state index in [1.54, 1.807) is 0 Å². The molecule has 0 saturated carbocycles. The van der Waals surface area contributed by atoms with Crippen LogP contribution in [0, 0.1) is 0 Å². The second kappa shape index (κ2) is 55.4. The van der Waals surface area contributed by atoms with Gasteiger partial charge in [-0.3, -0.25) is 9.59 Å². The summed E-state index contributed by atoms with van der Waals surface area (Å²) in [6, 6.07) is 0. The van der Waals surface area contributed by atoms with E-state index in [1.807, 2.05) is 0 Å². The summed E-state index contributed by atoms with van der Waals surface area (Å²) >= 11 is 0. The molecule has 1 atom stereocenters. The predicted molar refractivity (Wildman–Crippen MR) is 279 cm³/mol. The van der Waals surface area contributed by atoms with E-state index in [9.17, 15) is 14.7 Å². The van der Waals surface area contributed by atoms with Crippen LogP contribution < -0.4 is 0 Å². The van der Waals surface area contributed by atoms with E-state index in [-0.39, 0.29) is 25.2 Å². The quantitative estimate of drug-likeness (QED) is 0.0374. The minimum absolute atomic E-state index is 0.0636. The zero-order valence-corrected chi connectivity index (χ0v) is 43.1. The first-order valence-electron chi connectivity index (χ1n) is 28.5. The standard InChI is InChI=1S/C59H110O5/c1-3-5-7-9-11-13-15-17-19-21-22-23-24-25-26-27-28-29-30-31-32-33-34-35-36-38-40-42-44-46-48-50-52-54-59(62)64-57(55-60)56-63-58(61)53-51-49-47-45-43-41-39-37-20-18-16-14-12-10-8-6-4-2/h15,17-18,20-22,57,60H,3-14,16,19,23-56H2,1-2H3/b17-15-,20-18-,22-21-. The lowest BCUT2D eigenvalue weighted by atomic mass is 10.0. The average Bonchev–Trinajstić information content (AvgIpc) is 3.30. The van der Waals surface area contributed by atoms with E-state index in [0.29, 0.717) is 12.8 Å². The molecule has 0 spiro atoms. The third-order valence-electron chi connectivity index (χ3n) is 12.9. The van der Waals surface area contributed by atoms with E-state index in [2.05, 4.69) is 50.3 Å². The first-order chi connectivity index (χ1) is 31.6. The molecule has 0 bridgehead atoms. The molecule has 5 heteroatoms. The van der Waals surface area contributed by atoms with E-state index in [1.165, 1.54) is 238 Å². The van der Waals surface area contributed by atoms with Crippen LogP contribution in [0.25, 0.3) is 0 Å². The Balaban J connectivity index is 3.41. The highest BCUT2D eigenvalue weighted by Crippen LogP contribution is 2.17. The number of ether oxygens (including phenoxy) is 2. The molecule has 0 saturated heterocycles. The molecule has 0 heterocycles. The lowest BCUT2D eigenvalue weighted by molar-refractivity contribution is -0.161. The third kappa shape index (κ3) is 52.7. The van der Waals surface area contributed by atoms with Crippen LogP contribution in [0.15, 0.2) is 36.5 Å². The molecular weight excluding hydrogens is 789 g/mol. The molecule has 1 N–H and O–H groups in total. The van der Waals surface area contributed by atoms with Crippen LogP contribution in [0.5, 0.6) is 0 Å². The Hall–Kier alpha value is -1.88. The summed E-state index contributed by atoms with van der Waals surface area (Å²) < 4.78 is 10.7. The molecule has 64 heavy (non-hydrogen) atoms. The summed E-state index contributed by atoms with van der Waals surface area (Å²) in [5.74, 6) is -0.580. The van der Waals surface area contributed by atoms with Gasteiger partial charge >= 0.3 is 11.9 Å². The van der Waals surface area contributed by atoms with Crippen molar-refractivity contribution in [2.24, 2.45) is 0 Å². The maximum Gasteiger partial charge on any atom is 0.306 e. The molecule has 0 amide bonds. The van der Waals surface area contributed by atoms with Gasteiger partial charge in [-0.25, -0.2) is 0 Å². The van der Waals surface area contributed by atoms with E-state index < -0.39 is 6.10 Å². The van der Waals surface area contributed by atoms with Crippen molar-refractivity contribution in [3.8, 4) is 0 Å². The van der Waals surface area contributed by atoms with Crippen LogP contribution in [-0.2, 0) is 19.1 Å². The Morgan fingerprint density at radius 2 is 0.625 bits per heavy atom. The minimum atomic E-state index is -0.771. The Kier molecular flexibility index (Phi) is 53.8. The van der Waals surface area contributed by atoms with Gasteiger partial charge in [0.15, 0.2) is 6.10 Å². The number of hydrogen-bond donors (Lipinski definition) is 1. The number of hydrogen-bond acceptors (Lipinski definition) is 5. The van der Waals surface area contributed by atoms with Gasteiger partial charge in [-0.15, -0.1) is 0 Å². The van der Waals surface area contributed by atoms with Gasteiger partial charge < -0.3 is 14.6 Å². The molecule has 0 aromatic carbocycles. The summed E-state index contributed by atoms with van der Waals surface area (Å²) in [6.45, 7) is 4.16. The smallest absolute Gasteiger partial charge is 0.306 e. The van der Waals surface area contributed by atoms with Crippen LogP contribution in [-0.4, -0.2) is 36.4 Å². The zero-order chi connectivity index (χ0) is 46.3. The van der Waals surface area contributed by atoms with Gasteiger partial charge in [0, 0.05) is 12.8 Å². The van der Waals surface area contributed by atoms with Crippen LogP contribution in [0.1, 0.15) is 309 Å². The second-order valence-corrected chi connectivity index (χ2v) is 19.4. The van der Waals surface area contributed by atoms with Gasteiger partial charge in [0.1, 0.15) is 6.61 Å². The first-order valence-corrected chi connectivity index (χ1v) is 28.5. The van der Waals surface area contributed by atoms with Crippen LogP contribution in [0.4, 0.5) is 0 Å². The fourth-order valence-corrected chi connectivity index (χ4v) is 8.58. The number of carbonyl (C=O) groups is 2. The van der Waals surface area contributed by atoms with Crippen molar-refractivity contribution >= 4 is 11.9 Å². The molecule has 376 valence electrons. The monoisotopic (exact) mass is 899 g/mol. The topological polar surface area (TPSA) is 72.8 Å². The normalized spacial score (nSPS) is 12.4. The average molecular weight is 900 g/mol. The lowest BCUT2D eigenvalue weighted by Crippen LogP contribution is -2.28. The maximum atomic E-state index is 12.3. The molecule has 0 radical (unpaired) electrons. The van der Waals surface area contributed by atoms with Gasteiger partial charge in [-0.05, 0) is 70.6 Å². The molecule has 0 aromatic rings. The van der Waals surface area contributed by atoms with Crippen molar-refractivity contribution < 1.29 is 24.2 Å². The highest BCUT2D eigenvalue weighted by atomic mass is 16.6. The largest absolute Gasteiger partial charge is 0.462 e. The lowest BCUT2D eigenvalue weighted by Gasteiger charge is -2.15. The van der Waals surface area contributed by atoms with Crippen LogP contribution in [0.3, 0.4) is 0 Å². The van der Waals surface area contributed by atoms with Crippen molar-refractivity contribution in [1.29, 1.82) is 0 Å². The Morgan fingerprint density at radius 3 is 0.938 bits per heavy atom. The molecule has 1 unspecified atom stereocenters. The van der Waals surface area contributed by atoms with Crippen molar-refractivity contribution in [3.05, 3.63) is 36.5 Å². The Labute approximate surface area is 399 Å². The zero-order valence-electron chi connectivity index (χ0n) is 43.1. The van der Waals surface area contributed by atoms with Crippen LogP contribution >= 0.6 is 0 Å². The number of esters is 2. The number of rotatable bonds is 53. The molecule has 5 nitrogen and oxygen atoms in total. The SMILES string of the molecule is CCCCCCC/C=C\C/C=C\CCCCCCCCCCCCCCCCCCCCCCCC(=O)OC(CO)COC(=O)CCCCCCCCC/C=C\CCCCCCCC. The number of unbranched alkanes of at least 4 members (excludes halogenated alkanes) is 39. The van der Waals surface area contributed by atoms with Gasteiger partial charge in [0.25, 0.3) is 0 Å². The maximum absolute atomic E-state index is 12.3. The predicted octanol–water partition coefficient (Wildman–Crippen LogP) is 19.1. The molecule has 0 aliphatic carbocycles. The highest BCUT2D eigenvalue weighted by Gasteiger charge is 2.16. The molecule has 0 aromatic heterocycles. The summed E-state index contributed by atoms with van der Waals surface area (Å²) in [7, 11) is 0. The second-order valence-electron chi connectivity index (χ2n) is 19.4. The fraction of sp³-hybridized carbons (Fsp3) is 0.864. The molecule has 0 aliphatic rings. The van der Waals surface area contributed by atoms with Crippen molar-refractivity contribution in [2.45, 2.75) is 315 Å². The summed E-state index contributed by atoms with van der Waals surface area (Å²) in [4.78, 5) is 24.5. The van der Waals surface area contributed by atoms with Gasteiger partial charge in [-0.1, -0.05) is 262 Å².